The van der Waals surface area contributed by atoms with Crippen molar-refractivity contribution in [2.75, 3.05) is 5.32 Å². The van der Waals surface area contributed by atoms with Gasteiger partial charge in [-0.3, -0.25) is 4.79 Å². The molecule has 0 spiro atoms. The van der Waals surface area contributed by atoms with Crippen molar-refractivity contribution in [3.63, 3.8) is 0 Å². The minimum atomic E-state index is 0.0445. The Morgan fingerprint density at radius 2 is 2.17 bits per heavy atom. The largest absolute Gasteiger partial charge is 0.377 e. The van der Waals surface area contributed by atoms with Gasteiger partial charge in [0, 0.05) is 23.7 Å². The van der Waals surface area contributed by atoms with Crippen molar-refractivity contribution in [2.24, 2.45) is 0 Å². The number of aromatic nitrogens is 1. The Morgan fingerprint density at radius 1 is 1.39 bits per heavy atom. The third-order valence-electron chi connectivity index (χ3n) is 3.00. The van der Waals surface area contributed by atoms with E-state index in [1.165, 1.54) is 10.4 Å². The topological polar surface area (TPSA) is 34.0 Å². The molecule has 0 radical (unpaired) electrons. The van der Waals surface area contributed by atoms with Gasteiger partial charge >= 0.3 is 0 Å². The van der Waals surface area contributed by atoms with Gasteiger partial charge in [0.2, 0.25) is 0 Å². The number of pyridine rings is 1. The molecule has 2 heterocycles. The maximum atomic E-state index is 11.5. The van der Waals surface area contributed by atoms with E-state index in [0.717, 1.165) is 5.69 Å². The molecular formula is C14H18N2OS. The average molecular weight is 262 g/mol. The second kappa shape index (κ2) is 5.40. The van der Waals surface area contributed by atoms with Gasteiger partial charge in [-0.25, -0.2) is 0 Å². The molecule has 0 aliphatic carbocycles. The summed E-state index contributed by atoms with van der Waals surface area (Å²) in [5.41, 5.74) is 2.34. The summed E-state index contributed by atoms with van der Waals surface area (Å²) in [4.78, 5) is 12.8. The molecule has 96 valence electrons. The van der Waals surface area contributed by atoms with Crippen molar-refractivity contribution in [3.05, 3.63) is 50.6 Å². The maximum absolute atomic E-state index is 11.5. The van der Waals surface area contributed by atoms with Crippen LogP contribution in [0.1, 0.15) is 30.3 Å². The monoisotopic (exact) mass is 262 g/mol. The van der Waals surface area contributed by atoms with Crippen LogP contribution >= 0.6 is 11.3 Å². The summed E-state index contributed by atoms with van der Waals surface area (Å²) in [6, 6.07) is 5.84. The Hall–Kier alpha value is -1.55. The third kappa shape index (κ3) is 2.64. The highest BCUT2D eigenvalue weighted by Crippen LogP contribution is 2.26. The first-order chi connectivity index (χ1) is 8.61. The highest BCUT2D eigenvalue weighted by atomic mass is 32.1. The Labute approximate surface area is 111 Å². The molecule has 3 nitrogen and oxygen atoms in total. The number of rotatable bonds is 4. The van der Waals surface area contributed by atoms with E-state index in [4.69, 9.17) is 0 Å². The molecule has 2 aromatic rings. The van der Waals surface area contributed by atoms with Crippen LogP contribution in [0.4, 0.5) is 5.69 Å². The van der Waals surface area contributed by atoms with Gasteiger partial charge in [0.25, 0.3) is 5.56 Å². The zero-order valence-corrected chi connectivity index (χ0v) is 11.8. The molecule has 0 aliphatic rings. The van der Waals surface area contributed by atoms with Crippen LogP contribution in [-0.4, -0.2) is 4.57 Å². The minimum Gasteiger partial charge on any atom is -0.377 e. The van der Waals surface area contributed by atoms with Crippen molar-refractivity contribution < 1.29 is 0 Å². The molecule has 0 amide bonds. The van der Waals surface area contributed by atoms with Crippen LogP contribution < -0.4 is 10.9 Å². The lowest BCUT2D eigenvalue weighted by molar-refractivity contribution is 0.725. The molecule has 18 heavy (non-hydrogen) atoms. The van der Waals surface area contributed by atoms with Crippen LogP contribution in [0, 0.1) is 6.92 Å². The Balaban J connectivity index is 2.19. The standard InChI is InChI=1S/C14H18N2OS/c1-4-16-9-12(5-6-13(16)17)15-11(3)14-10(2)7-8-18-14/h5-9,11,15H,4H2,1-3H3. The summed E-state index contributed by atoms with van der Waals surface area (Å²) in [6.07, 6.45) is 1.88. The van der Waals surface area contributed by atoms with Gasteiger partial charge < -0.3 is 9.88 Å². The second-order valence-electron chi connectivity index (χ2n) is 4.38. The van der Waals surface area contributed by atoms with Gasteiger partial charge in [0.15, 0.2) is 0 Å². The number of hydrogen-bond donors (Lipinski definition) is 1. The third-order valence-corrected chi connectivity index (χ3v) is 4.20. The molecule has 1 atom stereocenters. The first kappa shape index (κ1) is 12.9. The molecule has 2 aromatic heterocycles. The molecule has 0 saturated heterocycles. The lowest BCUT2D eigenvalue weighted by Crippen LogP contribution is -2.18. The normalized spacial score (nSPS) is 12.4. The fraction of sp³-hybridized carbons (Fsp3) is 0.357. The van der Waals surface area contributed by atoms with Crippen LogP contribution in [-0.2, 0) is 6.54 Å². The highest BCUT2D eigenvalue weighted by molar-refractivity contribution is 7.10. The molecular weight excluding hydrogens is 244 g/mol. The number of thiophene rings is 1. The van der Waals surface area contributed by atoms with Crippen molar-refractivity contribution in [1.82, 2.24) is 4.57 Å². The van der Waals surface area contributed by atoms with Crippen LogP contribution in [0.3, 0.4) is 0 Å². The smallest absolute Gasteiger partial charge is 0.250 e. The summed E-state index contributed by atoms with van der Waals surface area (Å²) in [7, 11) is 0. The van der Waals surface area contributed by atoms with Gasteiger partial charge in [-0.05, 0) is 43.8 Å². The first-order valence-electron chi connectivity index (χ1n) is 6.13. The van der Waals surface area contributed by atoms with Crippen LogP contribution in [0.2, 0.25) is 0 Å². The van der Waals surface area contributed by atoms with Crippen LogP contribution in [0.5, 0.6) is 0 Å². The Kier molecular flexibility index (Phi) is 3.87. The summed E-state index contributed by atoms with van der Waals surface area (Å²) in [5, 5.41) is 5.54. The summed E-state index contributed by atoms with van der Waals surface area (Å²) in [5.74, 6) is 0. The van der Waals surface area contributed by atoms with E-state index in [1.54, 1.807) is 22.0 Å². The second-order valence-corrected chi connectivity index (χ2v) is 5.32. The molecule has 0 saturated carbocycles. The van der Waals surface area contributed by atoms with Crippen molar-refractivity contribution in [1.29, 1.82) is 0 Å². The van der Waals surface area contributed by atoms with Crippen LogP contribution in [0.15, 0.2) is 34.6 Å². The van der Waals surface area contributed by atoms with E-state index in [0.29, 0.717) is 6.54 Å². The molecule has 0 aromatic carbocycles. The Bertz CT molecular complexity index is 585. The van der Waals surface area contributed by atoms with Gasteiger partial charge in [0.1, 0.15) is 0 Å². The van der Waals surface area contributed by atoms with E-state index in [1.807, 2.05) is 19.2 Å². The van der Waals surface area contributed by atoms with Crippen molar-refractivity contribution >= 4 is 17.0 Å². The molecule has 1 N–H and O–H groups in total. The lowest BCUT2D eigenvalue weighted by atomic mass is 10.2. The molecule has 1 unspecified atom stereocenters. The van der Waals surface area contributed by atoms with E-state index in [2.05, 4.69) is 30.6 Å². The number of anilines is 1. The fourth-order valence-electron chi connectivity index (χ4n) is 2.01. The number of hydrogen-bond acceptors (Lipinski definition) is 3. The van der Waals surface area contributed by atoms with Gasteiger partial charge in [-0.1, -0.05) is 0 Å². The lowest BCUT2D eigenvalue weighted by Gasteiger charge is -2.15. The van der Waals surface area contributed by atoms with Crippen molar-refractivity contribution in [3.8, 4) is 0 Å². The number of nitrogens with one attached hydrogen (secondary N) is 1. The SMILES string of the molecule is CCn1cc(NC(C)c2sccc2C)ccc1=O. The fourth-order valence-corrected chi connectivity index (χ4v) is 2.94. The predicted molar refractivity (Wildman–Crippen MR) is 77.5 cm³/mol. The summed E-state index contributed by atoms with van der Waals surface area (Å²) < 4.78 is 1.70. The molecule has 0 aliphatic heterocycles. The molecule has 0 bridgehead atoms. The van der Waals surface area contributed by atoms with Crippen LogP contribution in [0.25, 0.3) is 0 Å². The van der Waals surface area contributed by atoms with Crippen molar-refractivity contribution in [2.45, 2.75) is 33.4 Å². The number of aryl methyl sites for hydroxylation is 2. The van der Waals surface area contributed by atoms with E-state index in [9.17, 15) is 4.79 Å². The average Bonchev–Trinajstić information content (AvgIpc) is 2.78. The van der Waals surface area contributed by atoms with E-state index >= 15 is 0 Å². The minimum absolute atomic E-state index is 0.0445. The summed E-state index contributed by atoms with van der Waals surface area (Å²) in [6.45, 7) is 6.93. The first-order valence-corrected chi connectivity index (χ1v) is 7.00. The zero-order chi connectivity index (χ0) is 13.1. The predicted octanol–water partition coefficient (Wildman–Crippen LogP) is 3.41. The number of nitrogens with zero attached hydrogens (tertiary/aromatic N) is 1. The van der Waals surface area contributed by atoms with Gasteiger partial charge in [-0.2, -0.15) is 0 Å². The quantitative estimate of drug-likeness (QED) is 0.916. The summed E-state index contributed by atoms with van der Waals surface area (Å²) >= 11 is 1.76. The van der Waals surface area contributed by atoms with Gasteiger partial charge in [0.05, 0.1) is 11.7 Å². The maximum Gasteiger partial charge on any atom is 0.250 e. The van der Waals surface area contributed by atoms with E-state index in [-0.39, 0.29) is 11.6 Å². The highest BCUT2D eigenvalue weighted by Gasteiger charge is 2.09. The van der Waals surface area contributed by atoms with Gasteiger partial charge in [-0.15, -0.1) is 11.3 Å². The molecule has 2 rings (SSSR count). The molecule has 4 heteroatoms. The Morgan fingerprint density at radius 3 is 2.78 bits per heavy atom. The zero-order valence-electron chi connectivity index (χ0n) is 10.9. The molecule has 0 fully saturated rings. The van der Waals surface area contributed by atoms with E-state index < -0.39 is 0 Å².